The van der Waals surface area contributed by atoms with Crippen LogP contribution in [-0.2, 0) is 4.74 Å². The summed E-state index contributed by atoms with van der Waals surface area (Å²) < 4.78 is 5.33. The lowest BCUT2D eigenvalue weighted by Crippen LogP contribution is -2.24. The Morgan fingerprint density at radius 3 is 2.80 bits per heavy atom. The Hall–Kier alpha value is -2.42. The van der Waals surface area contributed by atoms with Crippen molar-refractivity contribution in [3.63, 3.8) is 0 Å². The maximum absolute atomic E-state index is 10.3. The zero-order valence-corrected chi connectivity index (χ0v) is 11.3. The Bertz CT molecular complexity index is 624. The molecule has 1 aliphatic carbocycles. The maximum atomic E-state index is 10.3. The maximum Gasteiger partial charge on any atom is 0.123 e. The fraction of sp³-hybridized carbons (Fsp3) is 0.176. The van der Waals surface area contributed by atoms with Crippen molar-refractivity contribution in [2.24, 2.45) is 0 Å². The highest BCUT2D eigenvalue weighted by molar-refractivity contribution is 5.50. The van der Waals surface area contributed by atoms with Crippen LogP contribution in [0.25, 0.3) is 0 Å². The number of benzene rings is 1. The summed E-state index contributed by atoms with van der Waals surface area (Å²) in [6, 6.07) is 10.0. The number of aliphatic hydroxyl groups is 1. The molecule has 3 nitrogen and oxygen atoms in total. The number of allylic oxidation sites excluding steroid dienone is 3. The highest BCUT2D eigenvalue weighted by atomic mass is 16.5. The van der Waals surface area contributed by atoms with Crippen LogP contribution in [0.15, 0.2) is 77.4 Å². The molecule has 20 heavy (non-hydrogen) atoms. The third kappa shape index (κ3) is 2.35. The molecule has 0 bridgehead atoms. The molecule has 0 fully saturated rings. The third-order valence-electron chi connectivity index (χ3n) is 3.53. The summed E-state index contributed by atoms with van der Waals surface area (Å²) in [5.74, 6) is 1.18. The molecule has 1 aromatic rings. The highest BCUT2D eigenvalue weighted by Gasteiger charge is 2.21. The van der Waals surface area contributed by atoms with Crippen LogP contribution in [0.4, 0.5) is 0 Å². The van der Waals surface area contributed by atoms with Crippen LogP contribution in [0.1, 0.15) is 18.0 Å². The van der Waals surface area contributed by atoms with E-state index in [0.717, 1.165) is 29.0 Å². The molecule has 0 amide bonds. The summed E-state index contributed by atoms with van der Waals surface area (Å²) in [4.78, 5) is 0. The van der Waals surface area contributed by atoms with Gasteiger partial charge in [0, 0.05) is 23.8 Å². The molecule has 3 heteroatoms. The number of rotatable bonds is 2. The van der Waals surface area contributed by atoms with E-state index < -0.39 is 0 Å². The van der Waals surface area contributed by atoms with Crippen molar-refractivity contribution in [2.45, 2.75) is 12.5 Å². The van der Waals surface area contributed by atoms with E-state index in [9.17, 15) is 5.11 Å². The van der Waals surface area contributed by atoms with Gasteiger partial charge in [0.25, 0.3) is 0 Å². The molecule has 2 aliphatic rings. The predicted octanol–water partition coefficient (Wildman–Crippen LogP) is 3.52. The van der Waals surface area contributed by atoms with Gasteiger partial charge in [-0.05, 0) is 11.6 Å². The van der Waals surface area contributed by atoms with Gasteiger partial charge in [-0.3, -0.25) is 0 Å². The van der Waals surface area contributed by atoms with Gasteiger partial charge in [0.05, 0.1) is 13.2 Å². The fourth-order valence-electron chi connectivity index (χ4n) is 2.46. The van der Waals surface area contributed by atoms with E-state index in [4.69, 9.17) is 4.74 Å². The monoisotopic (exact) mass is 267 g/mol. The standard InChI is InChI=1S/C17H17NO2/c1-20-13-8-5-9-14-16(10-13)18-15(11-17(14)19)12-6-3-2-4-7-12/h2-7,9-11,15,18-19H,8H2,1H3. The highest BCUT2D eigenvalue weighted by Crippen LogP contribution is 2.30. The largest absolute Gasteiger partial charge is 0.507 e. The Balaban J connectivity index is 1.98. The number of methoxy groups -OCH3 is 1. The smallest absolute Gasteiger partial charge is 0.123 e. The van der Waals surface area contributed by atoms with Crippen molar-refractivity contribution < 1.29 is 9.84 Å². The second-order valence-corrected chi connectivity index (χ2v) is 4.83. The average molecular weight is 267 g/mol. The first-order chi connectivity index (χ1) is 9.78. The number of aliphatic hydroxyl groups excluding tert-OH is 1. The molecule has 0 radical (unpaired) electrons. The molecule has 2 N–H and O–H groups in total. The molecule has 3 rings (SSSR count). The summed E-state index contributed by atoms with van der Waals surface area (Å²) in [6.07, 6.45) is 8.44. The number of ether oxygens (including phenoxy) is 1. The van der Waals surface area contributed by atoms with Gasteiger partial charge in [-0.25, -0.2) is 0 Å². The third-order valence-corrected chi connectivity index (χ3v) is 3.53. The lowest BCUT2D eigenvalue weighted by atomic mass is 9.98. The van der Waals surface area contributed by atoms with Gasteiger partial charge >= 0.3 is 0 Å². The molecule has 1 aliphatic heterocycles. The molecule has 1 unspecified atom stereocenters. The number of hydrogen-bond donors (Lipinski definition) is 2. The Labute approximate surface area is 118 Å². The fourth-order valence-corrected chi connectivity index (χ4v) is 2.46. The van der Waals surface area contributed by atoms with Crippen LogP contribution in [0.2, 0.25) is 0 Å². The Morgan fingerprint density at radius 1 is 1.25 bits per heavy atom. The van der Waals surface area contributed by atoms with Gasteiger partial charge in [0.2, 0.25) is 0 Å². The zero-order valence-electron chi connectivity index (χ0n) is 11.3. The minimum Gasteiger partial charge on any atom is -0.507 e. The number of dihydropyridines is 1. The topological polar surface area (TPSA) is 41.5 Å². The summed E-state index contributed by atoms with van der Waals surface area (Å²) in [5, 5.41) is 13.7. The van der Waals surface area contributed by atoms with Gasteiger partial charge in [0.15, 0.2) is 0 Å². The van der Waals surface area contributed by atoms with Crippen molar-refractivity contribution in [1.82, 2.24) is 5.32 Å². The molecule has 1 aromatic carbocycles. The van der Waals surface area contributed by atoms with Crippen molar-refractivity contribution >= 4 is 0 Å². The molecule has 102 valence electrons. The van der Waals surface area contributed by atoms with Crippen molar-refractivity contribution in [2.75, 3.05) is 7.11 Å². The van der Waals surface area contributed by atoms with Crippen LogP contribution in [0, 0.1) is 0 Å². The van der Waals surface area contributed by atoms with Crippen LogP contribution in [0.3, 0.4) is 0 Å². The minimum atomic E-state index is -0.0317. The zero-order chi connectivity index (χ0) is 13.9. The number of nitrogens with one attached hydrogen (secondary N) is 1. The summed E-state index contributed by atoms with van der Waals surface area (Å²) >= 11 is 0. The van der Waals surface area contributed by atoms with E-state index in [0.29, 0.717) is 5.76 Å². The first-order valence-electron chi connectivity index (χ1n) is 6.66. The van der Waals surface area contributed by atoms with E-state index in [1.165, 1.54) is 0 Å². The summed E-state index contributed by atoms with van der Waals surface area (Å²) in [5.41, 5.74) is 2.82. The molecule has 1 heterocycles. The van der Waals surface area contributed by atoms with Gasteiger partial charge in [-0.2, -0.15) is 0 Å². The van der Waals surface area contributed by atoms with Gasteiger partial charge in [0.1, 0.15) is 11.5 Å². The van der Waals surface area contributed by atoms with Crippen LogP contribution in [-0.4, -0.2) is 12.2 Å². The Kier molecular flexibility index (Phi) is 3.33. The van der Waals surface area contributed by atoms with Gasteiger partial charge < -0.3 is 15.2 Å². The van der Waals surface area contributed by atoms with E-state index in [2.05, 4.69) is 5.32 Å². The SMILES string of the molecule is COC1=CC2=C(C=CC1)C(O)=CC(c1ccccc1)N2. The lowest BCUT2D eigenvalue weighted by molar-refractivity contribution is 0.284. The van der Waals surface area contributed by atoms with Crippen LogP contribution >= 0.6 is 0 Å². The first kappa shape index (κ1) is 12.6. The van der Waals surface area contributed by atoms with Crippen molar-refractivity contribution in [3.8, 4) is 0 Å². The van der Waals surface area contributed by atoms with Crippen LogP contribution < -0.4 is 5.32 Å². The molecular weight excluding hydrogens is 250 g/mol. The first-order valence-corrected chi connectivity index (χ1v) is 6.66. The van der Waals surface area contributed by atoms with E-state index in [1.807, 2.05) is 54.6 Å². The minimum absolute atomic E-state index is 0.0317. The Morgan fingerprint density at radius 2 is 2.05 bits per heavy atom. The average Bonchev–Trinajstić information content (AvgIpc) is 2.70. The summed E-state index contributed by atoms with van der Waals surface area (Å²) in [6.45, 7) is 0. The lowest BCUT2D eigenvalue weighted by Gasteiger charge is -2.24. The molecular formula is C17H17NO2. The van der Waals surface area contributed by atoms with Gasteiger partial charge in [-0.15, -0.1) is 0 Å². The predicted molar refractivity (Wildman–Crippen MR) is 78.9 cm³/mol. The molecule has 1 atom stereocenters. The summed E-state index contributed by atoms with van der Waals surface area (Å²) in [7, 11) is 1.67. The van der Waals surface area contributed by atoms with Crippen LogP contribution in [0.5, 0.6) is 0 Å². The normalized spacial score (nSPS) is 21.4. The van der Waals surface area contributed by atoms with Gasteiger partial charge in [-0.1, -0.05) is 42.5 Å². The molecule has 0 saturated carbocycles. The second-order valence-electron chi connectivity index (χ2n) is 4.83. The van der Waals surface area contributed by atoms with E-state index in [1.54, 1.807) is 7.11 Å². The van der Waals surface area contributed by atoms with E-state index in [-0.39, 0.29) is 6.04 Å². The molecule has 0 aromatic heterocycles. The second kappa shape index (κ2) is 5.29. The quantitative estimate of drug-likeness (QED) is 0.861. The van der Waals surface area contributed by atoms with E-state index >= 15 is 0 Å². The number of hydrogen-bond acceptors (Lipinski definition) is 3. The van der Waals surface area contributed by atoms with Crippen molar-refractivity contribution in [3.05, 3.63) is 83.0 Å². The van der Waals surface area contributed by atoms with Crippen molar-refractivity contribution in [1.29, 1.82) is 0 Å². The molecule has 0 saturated heterocycles. The molecule has 0 spiro atoms.